The van der Waals surface area contributed by atoms with Crippen molar-refractivity contribution >= 4 is 34.6 Å². The number of nitrogens with one attached hydrogen (secondary N) is 2. The second kappa shape index (κ2) is 12.0. The smallest absolute Gasteiger partial charge is 0.273 e. The van der Waals surface area contributed by atoms with E-state index in [9.17, 15) is 14.9 Å². The quantitative estimate of drug-likeness (QED) is 0.146. The third kappa shape index (κ3) is 5.68. The van der Waals surface area contributed by atoms with Gasteiger partial charge in [0.1, 0.15) is 5.75 Å². The molecule has 1 amide bonds. The molecule has 0 aliphatic carbocycles. The molecule has 4 aromatic rings. The normalized spacial score (nSPS) is 16.3. The van der Waals surface area contributed by atoms with Crippen molar-refractivity contribution in [3.05, 3.63) is 111 Å². The van der Waals surface area contributed by atoms with E-state index in [0.717, 1.165) is 33.9 Å². The first-order valence-electron chi connectivity index (χ1n) is 13.5. The zero-order valence-electron chi connectivity index (χ0n) is 23.8. The van der Waals surface area contributed by atoms with E-state index in [4.69, 9.17) is 17.0 Å². The average Bonchev–Trinajstić information content (AvgIpc) is 3.47. The summed E-state index contributed by atoms with van der Waals surface area (Å²) in [6.45, 7) is 6.37. The van der Waals surface area contributed by atoms with Gasteiger partial charge in [0.05, 0.1) is 41.6 Å². The van der Waals surface area contributed by atoms with Gasteiger partial charge >= 0.3 is 0 Å². The van der Waals surface area contributed by atoms with Crippen LogP contribution in [0.2, 0.25) is 0 Å². The molecule has 2 N–H and O–H groups in total. The Labute approximate surface area is 249 Å². The highest BCUT2D eigenvalue weighted by molar-refractivity contribution is 7.80. The molecule has 0 spiro atoms. The highest BCUT2D eigenvalue weighted by Crippen LogP contribution is 2.42. The minimum absolute atomic E-state index is 0.0473. The SMILES string of the molecule is COc1cc([N+](=O)[O-])ccc1-n1c(C)cc([C@@H]2[C@@H](c3ccccn3)NC(=S)N2CCC(=O)Nc2ccc(C)cc2)c1C. The number of non-ortho nitro benzene ring substituents is 1. The number of anilines is 1. The number of methoxy groups -OCH3 is 1. The number of nitrogens with zero attached hydrogens (tertiary/aromatic N) is 4. The lowest BCUT2D eigenvalue weighted by Gasteiger charge is -2.28. The molecule has 3 heterocycles. The fraction of sp³-hybridized carbons (Fsp3) is 0.258. The van der Waals surface area contributed by atoms with Gasteiger partial charge in [0.2, 0.25) is 5.91 Å². The van der Waals surface area contributed by atoms with E-state index >= 15 is 0 Å². The number of ether oxygens (including phenoxy) is 1. The van der Waals surface area contributed by atoms with Crippen LogP contribution in [0.25, 0.3) is 5.69 Å². The summed E-state index contributed by atoms with van der Waals surface area (Å²) in [6, 6.07) is 19.6. The maximum absolute atomic E-state index is 12.9. The second-order valence-corrected chi connectivity index (χ2v) is 10.6. The number of carbonyl (C=O) groups is 1. The van der Waals surface area contributed by atoms with E-state index in [1.807, 2.05) is 72.7 Å². The van der Waals surface area contributed by atoms with E-state index < -0.39 is 4.92 Å². The van der Waals surface area contributed by atoms with Crippen LogP contribution in [0, 0.1) is 30.9 Å². The molecule has 0 unspecified atom stereocenters. The number of aromatic nitrogens is 2. The molecule has 1 fully saturated rings. The summed E-state index contributed by atoms with van der Waals surface area (Å²) in [5.74, 6) is 0.284. The van der Waals surface area contributed by atoms with Crippen molar-refractivity contribution in [1.29, 1.82) is 0 Å². The number of rotatable bonds is 9. The molecule has 10 nitrogen and oxygen atoms in total. The van der Waals surface area contributed by atoms with Gasteiger partial charge in [-0.25, -0.2) is 0 Å². The van der Waals surface area contributed by atoms with Crippen molar-refractivity contribution in [2.45, 2.75) is 39.3 Å². The Hall–Kier alpha value is -4.77. The van der Waals surface area contributed by atoms with Crippen molar-refractivity contribution in [3.8, 4) is 11.4 Å². The van der Waals surface area contributed by atoms with Gasteiger partial charge in [-0.2, -0.15) is 0 Å². The Kier molecular flexibility index (Phi) is 8.21. The van der Waals surface area contributed by atoms with Crippen molar-refractivity contribution in [1.82, 2.24) is 19.8 Å². The Bertz CT molecular complexity index is 1640. The molecular weight excluding hydrogens is 552 g/mol. The summed E-state index contributed by atoms with van der Waals surface area (Å²) in [6.07, 6.45) is 1.98. The molecule has 0 saturated carbocycles. The van der Waals surface area contributed by atoms with E-state index in [2.05, 4.69) is 21.7 Å². The Balaban J connectivity index is 1.50. The number of nitro groups is 1. The number of aryl methyl sites for hydroxylation is 2. The third-order valence-corrected chi connectivity index (χ3v) is 7.87. The number of thiocarbonyl (C=S) groups is 1. The third-order valence-electron chi connectivity index (χ3n) is 7.52. The van der Waals surface area contributed by atoms with Gasteiger partial charge in [0.15, 0.2) is 5.11 Å². The first kappa shape index (κ1) is 28.7. The zero-order valence-corrected chi connectivity index (χ0v) is 24.6. The Morgan fingerprint density at radius 2 is 1.88 bits per heavy atom. The highest BCUT2D eigenvalue weighted by Gasteiger charge is 2.41. The zero-order chi connectivity index (χ0) is 30.0. The van der Waals surface area contributed by atoms with Crippen LogP contribution >= 0.6 is 12.2 Å². The van der Waals surface area contributed by atoms with Gasteiger partial charge in [-0.3, -0.25) is 19.9 Å². The van der Waals surface area contributed by atoms with E-state index in [1.54, 1.807) is 12.3 Å². The second-order valence-electron chi connectivity index (χ2n) is 10.3. The molecule has 1 saturated heterocycles. The summed E-state index contributed by atoms with van der Waals surface area (Å²) >= 11 is 5.81. The summed E-state index contributed by atoms with van der Waals surface area (Å²) in [7, 11) is 1.50. The van der Waals surface area contributed by atoms with Crippen LogP contribution in [-0.4, -0.2) is 44.0 Å². The largest absolute Gasteiger partial charge is 0.494 e. The van der Waals surface area contributed by atoms with Gasteiger partial charge in [0, 0.05) is 42.3 Å². The molecular formula is C31H32N6O4S. The average molecular weight is 585 g/mol. The van der Waals surface area contributed by atoms with Crippen LogP contribution in [0.4, 0.5) is 11.4 Å². The lowest BCUT2D eigenvalue weighted by atomic mass is 9.96. The monoisotopic (exact) mass is 584 g/mol. The maximum Gasteiger partial charge on any atom is 0.273 e. The number of hydrogen-bond donors (Lipinski definition) is 2. The van der Waals surface area contributed by atoms with Crippen LogP contribution in [0.15, 0.2) is 72.9 Å². The fourth-order valence-electron chi connectivity index (χ4n) is 5.49. The van der Waals surface area contributed by atoms with E-state index in [1.165, 1.54) is 19.2 Å². The van der Waals surface area contributed by atoms with Crippen molar-refractivity contribution < 1.29 is 14.5 Å². The summed E-state index contributed by atoms with van der Waals surface area (Å²) in [5.41, 5.74) is 6.18. The topological polar surface area (TPSA) is 115 Å². The van der Waals surface area contributed by atoms with Crippen LogP contribution < -0.4 is 15.4 Å². The number of hydrogen-bond acceptors (Lipinski definition) is 6. The minimum Gasteiger partial charge on any atom is -0.494 e. The minimum atomic E-state index is -0.442. The number of pyridine rings is 1. The van der Waals surface area contributed by atoms with E-state index in [-0.39, 0.29) is 30.1 Å². The number of benzene rings is 2. The van der Waals surface area contributed by atoms with Crippen molar-refractivity contribution in [3.63, 3.8) is 0 Å². The fourth-order valence-corrected chi connectivity index (χ4v) is 5.82. The number of nitro benzene ring substituents is 1. The Morgan fingerprint density at radius 3 is 2.55 bits per heavy atom. The van der Waals surface area contributed by atoms with Gasteiger partial charge in [0.25, 0.3) is 5.69 Å². The molecule has 0 bridgehead atoms. The van der Waals surface area contributed by atoms with Crippen molar-refractivity contribution in [2.75, 3.05) is 19.0 Å². The van der Waals surface area contributed by atoms with E-state index in [0.29, 0.717) is 23.1 Å². The van der Waals surface area contributed by atoms with Gasteiger partial charge in [-0.1, -0.05) is 23.8 Å². The summed E-state index contributed by atoms with van der Waals surface area (Å²) in [5, 5.41) is 18.3. The Morgan fingerprint density at radius 1 is 1.12 bits per heavy atom. The summed E-state index contributed by atoms with van der Waals surface area (Å²) < 4.78 is 7.59. The molecule has 11 heteroatoms. The predicted molar refractivity (Wildman–Crippen MR) is 165 cm³/mol. The number of amides is 1. The highest BCUT2D eigenvalue weighted by atomic mass is 32.1. The standard InChI is InChI=1S/C31H32N6O4S/c1-19-8-10-22(11-9-19)33-28(38)14-16-35-30(29(34-31(35)42)25-7-5-6-15-32-25)24-17-20(2)36(21(24)3)26-13-12-23(37(39)40)18-27(26)41-4/h5-13,15,17-18,29-30H,14,16H2,1-4H3,(H,33,38)(H,34,42)/t29-,30-/m1/s1. The molecule has 216 valence electrons. The lowest BCUT2D eigenvalue weighted by molar-refractivity contribution is -0.384. The first-order chi connectivity index (χ1) is 20.2. The molecule has 5 rings (SSSR count). The molecule has 2 aromatic heterocycles. The predicted octanol–water partition coefficient (Wildman–Crippen LogP) is 5.72. The molecule has 42 heavy (non-hydrogen) atoms. The van der Waals surface area contributed by atoms with Gasteiger partial charge < -0.3 is 24.8 Å². The van der Waals surface area contributed by atoms with Gasteiger partial charge in [-0.15, -0.1) is 0 Å². The number of carbonyl (C=O) groups excluding carboxylic acids is 1. The maximum atomic E-state index is 12.9. The molecule has 2 aromatic carbocycles. The van der Waals surface area contributed by atoms with Crippen LogP contribution in [0.1, 0.15) is 46.7 Å². The van der Waals surface area contributed by atoms with Crippen LogP contribution in [-0.2, 0) is 4.79 Å². The lowest BCUT2D eigenvalue weighted by Crippen LogP contribution is -2.32. The molecule has 2 atom stereocenters. The van der Waals surface area contributed by atoms with Crippen LogP contribution in [0.3, 0.4) is 0 Å². The van der Waals surface area contributed by atoms with Gasteiger partial charge in [-0.05, 0) is 75.0 Å². The molecule has 1 aliphatic heterocycles. The summed E-state index contributed by atoms with van der Waals surface area (Å²) in [4.78, 5) is 30.5. The molecule has 0 radical (unpaired) electrons. The van der Waals surface area contributed by atoms with Crippen molar-refractivity contribution in [2.24, 2.45) is 0 Å². The van der Waals surface area contributed by atoms with Crippen LogP contribution in [0.5, 0.6) is 5.75 Å². The first-order valence-corrected chi connectivity index (χ1v) is 13.9. The molecule has 1 aliphatic rings.